The van der Waals surface area contributed by atoms with Gasteiger partial charge in [0.2, 0.25) is 0 Å². The number of rotatable bonds is 5. The number of sulfone groups is 2. The summed E-state index contributed by atoms with van der Waals surface area (Å²) in [6.07, 6.45) is 4.12. The predicted octanol–water partition coefficient (Wildman–Crippen LogP) is 5.85. The number of pyridine rings is 1. The highest BCUT2D eigenvalue weighted by molar-refractivity contribution is 7.91. The van der Waals surface area contributed by atoms with E-state index < -0.39 is 19.7 Å². The fraction of sp³-hybridized carbons (Fsp3) is 0.115. The van der Waals surface area contributed by atoms with Gasteiger partial charge in [0.25, 0.3) is 0 Å². The zero-order chi connectivity index (χ0) is 24.7. The number of nitrogens with zero attached hydrogens (tertiary/aromatic N) is 1. The first-order chi connectivity index (χ1) is 15.9. The summed E-state index contributed by atoms with van der Waals surface area (Å²) in [6, 6.07) is 20.9. The second-order valence-corrected chi connectivity index (χ2v) is 12.6. The second-order valence-electron chi connectivity index (χ2n) is 8.16. The molecule has 4 aromatic rings. The van der Waals surface area contributed by atoms with Gasteiger partial charge in [0, 0.05) is 35.0 Å². The van der Waals surface area contributed by atoms with Crippen molar-refractivity contribution in [1.82, 2.24) is 4.98 Å². The van der Waals surface area contributed by atoms with E-state index in [0.29, 0.717) is 5.02 Å². The van der Waals surface area contributed by atoms with E-state index in [1.165, 1.54) is 12.5 Å². The van der Waals surface area contributed by atoms with E-state index >= 15 is 0 Å². The molecule has 0 fully saturated rings. The Hall–Kier alpha value is -3.00. The zero-order valence-corrected chi connectivity index (χ0v) is 21.2. The van der Waals surface area contributed by atoms with Crippen molar-refractivity contribution in [3.63, 3.8) is 0 Å². The largest absolute Gasteiger partial charge is 0.261 e. The fourth-order valence-corrected chi connectivity index (χ4v) is 5.23. The van der Waals surface area contributed by atoms with Crippen molar-refractivity contribution >= 4 is 31.3 Å². The number of aryl methyl sites for hydroxylation is 1. The van der Waals surface area contributed by atoms with Gasteiger partial charge in [-0.3, -0.25) is 4.98 Å². The Labute approximate surface area is 204 Å². The van der Waals surface area contributed by atoms with Crippen molar-refractivity contribution in [3.05, 3.63) is 89.7 Å². The van der Waals surface area contributed by atoms with Crippen LogP contribution in [0.2, 0.25) is 5.02 Å². The normalized spacial score (nSPS) is 12.0. The molecule has 174 valence electrons. The van der Waals surface area contributed by atoms with E-state index in [1.54, 1.807) is 54.7 Å². The van der Waals surface area contributed by atoms with Crippen LogP contribution < -0.4 is 0 Å². The molecule has 0 saturated carbocycles. The van der Waals surface area contributed by atoms with Gasteiger partial charge in [-0.15, -0.1) is 0 Å². The maximum Gasteiger partial charge on any atom is 0.175 e. The average Bonchev–Trinajstić information content (AvgIpc) is 2.78. The van der Waals surface area contributed by atoms with Crippen LogP contribution in [0.3, 0.4) is 0 Å². The Balaban J connectivity index is 1.99. The lowest BCUT2D eigenvalue weighted by molar-refractivity contribution is 0.600. The molecule has 1 heterocycles. The zero-order valence-electron chi connectivity index (χ0n) is 18.8. The fourth-order valence-electron chi connectivity index (χ4n) is 3.75. The summed E-state index contributed by atoms with van der Waals surface area (Å²) in [7, 11) is -6.66. The van der Waals surface area contributed by atoms with Crippen LogP contribution in [0.1, 0.15) is 5.69 Å². The second kappa shape index (κ2) is 8.98. The van der Waals surface area contributed by atoms with E-state index in [1.807, 2.05) is 31.2 Å². The quantitative estimate of drug-likeness (QED) is 0.335. The molecule has 3 aromatic carbocycles. The summed E-state index contributed by atoms with van der Waals surface area (Å²) in [5.41, 5.74) is 5.78. The molecule has 0 unspecified atom stereocenters. The van der Waals surface area contributed by atoms with Crippen molar-refractivity contribution in [2.24, 2.45) is 0 Å². The Morgan fingerprint density at radius 3 is 1.41 bits per heavy atom. The number of aromatic nitrogens is 1. The van der Waals surface area contributed by atoms with E-state index in [4.69, 9.17) is 11.6 Å². The molecule has 0 aliphatic heterocycles. The van der Waals surface area contributed by atoms with Crippen molar-refractivity contribution in [1.29, 1.82) is 0 Å². The SMILES string of the molecule is Cc1ccc(-c2c(-c3ccc(S(C)(=O)=O)cc3)cc(Cl)cc2-c2ccc(S(C)(=O)=O)cc2)cn1. The smallest absolute Gasteiger partial charge is 0.175 e. The summed E-state index contributed by atoms with van der Waals surface area (Å²) in [4.78, 5) is 4.91. The third-order valence-corrected chi connectivity index (χ3v) is 7.97. The number of benzene rings is 3. The van der Waals surface area contributed by atoms with Crippen LogP contribution in [0.5, 0.6) is 0 Å². The van der Waals surface area contributed by atoms with Crippen molar-refractivity contribution in [3.8, 4) is 33.4 Å². The van der Waals surface area contributed by atoms with Crippen LogP contribution in [0.4, 0.5) is 0 Å². The van der Waals surface area contributed by atoms with Crippen LogP contribution in [-0.4, -0.2) is 34.3 Å². The van der Waals surface area contributed by atoms with Gasteiger partial charge in [0.15, 0.2) is 19.7 Å². The van der Waals surface area contributed by atoms with Crippen molar-refractivity contribution in [2.45, 2.75) is 16.7 Å². The van der Waals surface area contributed by atoms with Gasteiger partial charge < -0.3 is 0 Å². The lowest BCUT2D eigenvalue weighted by Crippen LogP contribution is -1.98. The maximum absolute atomic E-state index is 11.9. The summed E-state index contributed by atoms with van der Waals surface area (Å²) in [5.74, 6) is 0. The van der Waals surface area contributed by atoms with E-state index in [-0.39, 0.29) is 9.79 Å². The molecule has 4 rings (SSSR count). The minimum absolute atomic E-state index is 0.230. The molecule has 0 saturated heterocycles. The Morgan fingerprint density at radius 2 is 1.06 bits per heavy atom. The van der Waals surface area contributed by atoms with E-state index in [2.05, 4.69) is 4.98 Å². The highest BCUT2D eigenvalue weighted by Gasteiger charge is 2.18. The van der Waals surface area contributed by atoms with Crippen molar-refractivity contribution < 1.29 is 16.8 Å². The molecule has 0 radical (unpaired) electrons. The predicted molar refractivity (Wildman–Crippen MR) is 137 cm³/mol. The summed E-state index contributed by atoms with van der Waals surface area (Å²) in [5, 5.41) is 0.494. The molecular weight excluding hydrogens is 490 g/mol. The van der Waals surface area contributed by atoms with E-state index in [9.17, 15) is 16.8 Å². The third-order valence-electron chi connectivity index (χ3n) is 5.49. The first-order valence-electron chi connectivity index (χ1n) is 10.3. The van der Waals surface area contributed by atoms with Gasteiger partial charge in [0.05, 0.1) is 9.79 Å². The molecule has 34 heavy (non-hydrogen) atoms. The number of hydrogen-bond donors (Lipinski definition) is 0. The molecule has 0 atom stereocenters. The van der Waals surface area contributed by atoms with Crippen LogP contribution in [0.15, 0.2) is 88.8 Å². The topological polar surface area (TPSA) is 81.2 Å². The Morgan fingerprint density at radius 1 is 0.647 bits per heavy atom. The Bertz CT molecular complexity index is 1480. The average molecular weight is 512 g/mol. The van der Waals surface area contributed by atoms with Crippen LogP contribution in [0.25, 0.3) is 33.4 Å². The summed E-state index contributed by atoms with van der Waals surface area (Å²) < 4.78 is 47.7. The highest BCUT2D eigenvalue weighted by atomic mass is 35.5. The van der Waals surface area contributed by atoms with Crippen LogP contribution in [0, 0.1) is 6.92 Å². The molecule has 0 bridgehead atoms. The molecule has 0 spiro atoms. The molecule has 5 nitrogen and oxygen atoms in total. The lowest BCUT2D eigenvalue weighted by Gasteiger charge is -2.17. The summed E-state index contributed by atoms with van der Waals surface area (Å²) in [6.45, 7) is 1.90. The van der Waals surface area contributed by atoms with Gasteiger partial charge in [-0.05, 0) is 77.2 Å². The maximum atomic E-state index is 11.9. The number of hydrogen-bond acceptors (Lipinski definition) is 5. The van der Waals surface area contributed by atoms with Gasteiger partial charge >= 0.3 is 0 Å². The first-order valence-corrected chi connectivity index (χ1v) is 14.5. The minimum Gasteiger partial charge on any atom is -0.261 e. The molecular formula is C26H22ClNO4S2. The number of halogens is 1. The lowest BCUT2D eigenvalue weighted by atomic mass is 9.88. The molecule has 8 heteroatoms. The van der Waals surface area contributed by atoms with Gasteiger partial charge in [-0.1, -0.05) is 41.9 Å². The molecule has 0 aliphatic rings. The summed E-state index contributed by atoms with van der Waals surface area (Å²) >= 11 is 6.53. The monoisotopic (exact) mass is 511 g/mol. The first kappa shape index (κ1) is 24.1. The molecule has 0 N–H and O–H groups in total. The van der Waals surface area contributed by atoms with Gasteiger partial charge in [0.1, 0.15) is 0 Å². The van der Waals surface area contributed by atoms with E-state index in [0.717, 1.165) is 39.1 Å². The molecule has 0 aliphatic carbocycles. The molecule has 0 amide bonds. The molecule has 1 aromatic heterocycles. The standard InChI is InChI=1S/C26H22ClNO4S2/c1-17-4-5-20(16-28-17)26-24(18-6-10-22(11-7-18)33(2,29)30)14-21(27)15-25(26)19-8-12-23(13-9-19)34(3,31)32/h4-16H,1-3H3. The van der Waals surface area contributed by atoms with Crippen LogP contribution >= 0.6 is 11.6 Å². The third kappa shape index (κ3) is 5.06. The van der Waals surface area contributed by atoms with Gasteiger partial charge in [-0.25, -0.2) is 16.8 Å². The Kier molecular flexibility index (Phi) is 6.38. The highest BCUT2D eigenvalue weighted by Crippen LogP contribution is 2.42. The minimum atomic E-state index is -3.33. The van der Waals surface area contributed by atoms with Crippen molar-refractivity contribution in [2.75, 3.05) is 12.5 Å². The van der Waals surface area contributed by atoms with Gasteiger partial charge in [-0.2, -0.15) is 0 Å². The van der Waals surface area contributed by atoms with Crippen LogP contribution in [-0.2, 0) is 19.7 Å².